The number of methoxy groups -OCH3 is 1. The molecule has 4 nitrogen and oxygen atoms in total. The van der Waals surface area contributed by atoms with Crippen molar-refractivity contribution >= 4 is 5.97 Å². The van der Waals surface area contributed by atoms with Crippen molar-refractivity contribution in [3.63, 3.8) is 0 Å². The van der Waals surface area contributed by atoms with E-state index in [-0.39, 0.29) is 5.92 Å². The van der Waals surface area contributed by atoms with Crippen LogP contribution in [0.2, 0.25) is 0 Å². The number of aliphatic carboxylic acids is 1. The van der Waals surface area contributed by atoms with Crippen LogP contribution in [0.3, 0.4) is 0 Å². The van der Waals surface area contributed by atoms with Crippen LogP contribution in [0.1, 0.15) is 39.0 Å². The van der Waals surface area contributed by atoms with Crippen molar-refractivity contribution in [2.24, 2.45) is 5.92 Å². The second-order valence-electron chi connectivity index (χ2n) is 4.57. The monoisotopic (exact) mass is 229 g/mol. The summed E-state index contributed by atoms with van der Waals surface area (Å²) in [7, 11) is 1.66. The molecule has 2 atom stereocenters. The highest BCUT2D eigenvalue weighted by molar-refractivity contribution is 5.79. The number of hydrogen-bond acceptors (Lipinski definition) is 3. The first kappa shape index (κ1) is 13.5. The molecule has 0 heterocycles. The van der Waals surface area contributed by atoms with E-state index in [4.69, 9.17) is 4.74 Å². The van der Waals surface area contributed by atoms with E-state index in [0.717, 1.165) is 38.6 Å². The van der Waals surface area contributed by atoms with Crippen molar-refractivity contribution in [3.05, 3.63) is 0 Å². The number of carbonyl (C=O) groups is 1. The van der Waals surface area contributed by atoms with Gasteiger partial charge in [0.25, 0.3) is 0 Å². The van der Waals surface area contributed by atoms with Gasteiger partial charge in [0.2, 0.25) is 0 Å². The number of carboxylic acid groups (broad SMARTS) is 1. The molecule has 94 valence electrons. The van der Waals surface area contributed by atoms with E-state index in [1.54, 1.807) is 7.11 Å². The molecule has 0 aromatic carbocycles. The van der Waals surface area contributed by atoms with Crippen LogP contribution < -0.4 is 5.32 Å². The van der Waals surface area contributed by atoms with E-state index in [0.29, 0.717) is 6.61 Å². The van der Waals surface area contributed by atoms with E-state index < -0.39 is 11.5 Å². The topological polar surface area (TPSA) is 58.6 Å². The molecule has 2 N–H and O–H groups in total. The fourth-order valence-electron chi connectivity index (χ4n) is 2.67. The molecule has 1 rings (SSSR count). The number of nitrogens with one attached hydrogen (secondary N) is 1. The maximum atomic E-state index is 11.5. The Morgan fingerprint density at radius 3 is 2.94 bits per heavy atom. The number of ether oxygens (including phenoxy) is 1. The standard InChI is InChI=1S/C12H23NO3/c1-3-8-13-12(11(14)15)7-4-5-10(12)6-9-16-2/h10,13H,3-9H2,1-2H3,(H,14,15). The highest BCUT2D eigenvalue weighted by atomic mass is 16.5. The van der Waals surface area contributed by atoms with Gasteiger partial charge in [0.15, 0.2) is 0 Å². The van der Waals surface area contributed by atoms with Gasteiger partial charge in [-0.1, -0.05) is 13.3 Å². The van der Waals surface area contributed by atoms with Crippen molar-refractivity contribution in [1.29, 1.82) is 0 Å². The van der Waals surface area contributed by atoms with Crippen molar-refractivity contribution in [2.75, 3.05) is 20.3 Å². The Morgan fingerprint density at radius 2 is 2.38 bits per heavy atom. The zero-order valence-electron chi connectivity index (χ0n) is 10.3. The molecule has 2 unspecified atom stereocenters. The summed E-state index contributed by atoms with van der Waals surface area (Å²) in [6.45, 7) is 3.48. The van der Waals surface area contributed by atoms with Gasteiger partial charge in [0.05, 0.1) is 0 Å². The smallest absolute Gasteiger partial charge is 0.324 e. The average molecular weight is 229 g/mol. The van der Waals surface area contributed by atoms with Crippen LogP contribution in [-0.4, -0.2) is 36.9 Å². The normalized spacial score (nSPS) is 29.5. The summed E-state index contributed by atoms with van der Waals surface area (Å²) >= 11 is 0. The first-order valence-corrected chi connectivity index (χ1v) is 6.14. The van der Waals surface area contributed by atoms with Gasteiger partial charge in [-0.2, -0.15) is 0 Å². The summed E-state index contributed by atoms with van der Waals surface area (Å²) in [5.41, 5.74) is -0.700. The van der Waals surface area contributed by atoms with Crippen LogP contribution >= 0.6 is 0 Å². The van der Waals surface area contributed by atoms with Crippen molar-refractivity contribution in [3.8, 4) is 0 Å². The van der Waals surface area contributed by atoms with Crippen LogP contribution in [0.5, 0.6) is 0 Å². The van der Waals surface area contributed by atoms with Crippen LogP contribution in [0.15, 0.2) is 0 Å². The molecule has 1 aliphatic rings. The highest BCUT2D eigenvalue weighted by Crippen LogP contribution is 2.38. The van der Waals surface area contributed by atoms with Crippen LogP contribution in [0.4, 0.5) is 0 Å². The van der Waals surface area contributed by atoms with E-state index in [1.165, 1.54) is 0 Å². The Bertz CT molecular complexity index is 232. The Kier molecular flexibility index (Phi) is 5.22. The highest BCUT2D eigenvalue weighted by Gasteiger charge is 2.48. The molecule has 1 aliphatic carbocycles. The minimum atomic E-state index is -0.700. The van der Waals surface area contributed by atoms with Crippen LogP contribution in [-0.2, 0) is 9.53 Å². The summed E-state index contributed by atoms with van der Waals surface area (Å²) in [6.07, 6.45) is 4.53. The van der Waals surface area contributed by atoms with E-state index >= 15 is 0 Å². The zero-order valence-corrected chi connectivity index (χ0v) is 10.3. The maximum absolute atomic E-state index is 11.5. The fourth-order valence-corrected chi connectivity index (χ4v) is 2.67. The molecule has 16 heavy (non-hydrogen) atoms. The molecule has 0 saturated heterocycles. The zero-order chi connectivity index (χ0) is 12.0. The first-order valence-electron chi connectivity index (χ1n) is 6.14. The Hall–Kier alpha value is -0.610. The second kappa shape index (κ2) is 6.21. The molecule has 1 saturated carbocycles. The van der Waals surface area contributed by atoms with Gasteiger partial charge in [0.1, 0.15) is 5.54 Å². The molecule has 1 fully saturated rings. The Balaban J connectivity index is 2.68. The molecule has 4 heteroatoms. The van der Waals surface area contributed by atoms with Gasteiger partial charge >= 0.3 is 5.97 Å². The summed E-state index contributed by atoms with van der Waals surface area (Å²) < 4.78 is 5.06. The lowest BCUT2D eigenvalue weighted by molar-refractivity contribution is -0.146. The van der Waals surface area contributed by atoms with E-state index in [1.807, 2.05) is 0 Å². The molecule has 0 amide bonds. The minimum absolute atomic E-state index is 0.205. The molecule has 0 spiro atoms. The number of carboxylic acids is 1. The molecule has 0 aliphatic heterocycles. The second-order valence-corrected chi connectivity index (χ2v) is 4.57. The predicted octanol–water partition coefficient (Wildman–Crippen LogP) is 1.65. The van der Waals surface area contributed by atoms with Gasteiger partial charge in [-0.15, -0.1) is 0 Å². The summed E-state index contributed by atoms with van der Waals surface area (Å²) in [6, 6.07) is 0. The maximum Gasteiger partial charge on any atom is 0.324 e. The molecular weight excluding hydrogens is 206 g/mol. The van der Waals surface area contributed by atoms with Gasteiger partial charge < -0.3 is 15.2 Å². The lowest BCUT2D eigenvalue weighted by Crippen LogP contribution is -2.55. The quantitative estimate of drug-likeness (QED) is 0.697. The largest absolute Gasteiger partial charge is 0.480 e. The summed E-state index contributed by atoms with van der Waals surface area (Å²) in [4.78, 5) is 11.5. The SMILES string of the molecule is CCCNC1(C(=O)O)CCCC1CCOC. The Labute approximate surface area is 97.4 Å². The lowest BCUT2D eigenvalue weighted by Gasteiger charge is -2.32. The average Bonchev–Trinajstić information content (AvgIpc) is 2.67. The minimum Gasteiger partial charge on any atom is -0.480 e. The fraction of sp³-hybridized carbons (Fsp3) is 0.917. The van der Waals surface area contributed by atoms with Crippen molar-refractivity contribution < 1.29 is 14.6 Å². The predicted molar refractivity (Wildman–Crippen MR) is 62.5 cm³/mol. The lowest BCUT2D eigenvalue weighted by atomic mass is 9.84. The third kappa shape index (κ3) is 2.74. The number of hydrogen-bond donors (Lipinski definition) is 2. The Morgan fingerprint density at radius 1 is 1.62 bits per heavy atom. The van der Waals surface area contributed by atoms with Gasteiger partial charge in [-0.25, -0.2) is 0 Å². The molecule has 0 aromatic heterocycles. The van der Waals surface area contributed by atoms with Crippen LogP contribution in [0.25, 0.3) is 0 Å². The molecule has 0 radical (unpaired) electrons. The summed E-state index contributed by atoms with van der Waals surface area (Å²) in [5, 5.41) is 12.7. The third-order valence-electron chi connectivity index (χ3n) is 3.56. The molecular formula is C12H23NO3. The van der Waals surface area contributed by atoms with E-state index in [2.05, 4.69) is 12.2 Å². The molecule has 0 bridgehead atoms. The third-order valence-corrected chi connectivity index (χ3v) is 3.56. The van der Waals surface area contributed by atoms with Gasteiger partial charge in [0, 0.05) is 13.7 Å². The van der Waals surface area contributed by atoms with Crippen molar-refractivity contribution in [2.45, 2.75) is 44.6 Å². The van der Waals surface area contributed by atoms with Gasteiger partial charge in [-0.3, -0.25) is 4.79 Å². The van der Waals surface area contributed by atoms with Crippen molar-refractivity contribution in [1.82, 2.24) is 5.32 Å². The summed E-state index contributed by atoms with van der Waals surface area (Å²) in [5.74, 6) is -0.490. The number of rotatable bonds is 7. The first-order chi connectivity index (χ1) is 7.67. The van der Waals surface area contributed by atoms with Crippen LogP contribution in [0, 0.1) is 5.92 Å². The van der Waals surface area contributed by atoms with E-state index in [9.17, 15) is 9.90 Å². The van der Waals surface area contributed by atoms with Gasteiger partial charge in [-0.05, 0) is 38.1 Å². The molecule has 0 aromatic rings.